The van der Waals surface area contributed by atoms with Crippen LogP contribution in [0.25, 0.3) is 5.57 Å². The molecule has 0 aliphatic rings. The van der Waals surface area contributed by atoms with E-state index in [9.17, 15) is 19.8 Å². The summed E-state index contributed by atoms with van der Waals surface area (Å²) in [4.78, 5) is 23.4. The normalized spacial score (nSPS) is 12.1. The van der Waals surface area contributed by atoms with E-state index in [0.29, 0.717) is 5.75 Å². The maximum Gasteiger partial charge on any atom is 0.336 e. The van der Waals surface area contributed by atoms with Crippen molar-refractivity contribution in [2.45, 2.75) is 58.7 Å². The third-order valence-corrected chi connectivity index (χ3v) is 6.23. The van der Waals surface area contributed by atoms with Crippen molar-refractivity contribution in [3.05, 3.63) is 57.3 Å². The van der Waals surface area contributed by atoms with Crippen molar-refractivity contribution in [1.29, 1.82) is 0 Å². The Morgan fingerprint density at radius 1 is 1.10 bits per heavy atom. The van der Waals surface area contributed by atoms with Gasteiger partial charge in [0.05, 0.1) is 16.7 Å². The summed E-state index contributed by atoms with van der Waals surface area (Å²) in [6.07, 6.45) is 5.16. The lowest BCUT2D eigenvalue weighted by Gasteiger charge is -2.24. The first-order valence-corrected chi connectivity index (χ1v) is 10.8. The number of aromatic carboxylic acids is 2. The van der Waals surface area contributed by atoms with Crippen molar-refractivity contribution in [3.63, 3.8) is 0 Å². The zero-order chi connectivity index (χ0) is 22.3. The van der Waals surface area contributed by atoms with Gasteiger partial charge < -0.3 is 20.1 Å². The van der Waals surface area contributed by atoms with Crippen LogP contribution >= 0.6 is 11.3 Å². The van der Waals surface area contributed by atoms with Gasteiger partial charge in [0, 0.05) is 4.88 Å². The zero-order valence-electron chi connectivity index (χ0n) is 17.5. The Balaban J connectivity index is 2.01. The van der Waals surface area contributed by atoms with Gasteiger partial charge in [-0.3, -0.25) is 0 Å². The monoisotopic (exact) mass is 432 g/mol. The molecule has 7 heteroatoms. The van der Waals surface area contributed by atoms with Gasteiger partial charge in [0.25, 0.3) is 0 Å². The Hall–Kier alpha value is -2.64. The molecule has 0 aliphatic heterocycles. The number of aliphatic hydroxyl groups is 1. The Kier molecular flexibility index (Phi) is 8.20. The molecular weight excluding hydrogens is 404 g/mol. The fourth-order valence-electron chi connectivity index (χ4n) is 3.07. The molecular formula is C23H28O6S. The van der Waals surface area contributed by atoms with Crippen molar-refractivity contribution in [2.24, 2.45) is 0 Å². The summed E-state index contributed by atoms with van der Waals surface area (Å²) in [5.41, 5.74) is 1.04. The van der Waals surface area contributed by atoms with Crippen LogP contribution in [0.15, 0.2) is 35.7 Å². The first kappa shape index (κ1) is 23.6. The summed E-state index contributed by atoms with van der Waals surface area (Å²) in [6.45, 7) is 6.29. The molecule has 0 saturated carbocycles. The lowest BCUT2D eigenvalue weighted by atomic mass is 9.91. The maximum atomic E-state index is 11.3. The van der Waals surface area contributed by atoms with Crippen LogP contribution < -0.4 is 4.74 Å². The van der Waals surface area contributed by atoms with Crippen molar-refractivity contribution < 1.29 is 29.6 Å². The minimum Gasteiger partial charge on any atom is -0.488 e. The van der Waals surface area contributed by atoms with Crippen LogP contribution in [0.4, 0.5) is 0 Å². The SMILES string of the molecule is CCC(O)(CC)CCC=C(C)c1csc(COc2ccc(C(=O)O)c(C(=O)O)c2)c1. The molecule has 2 rings (SSSR count). The second kappa shape index (κ2) is 10.4. The highest BCUT2D eigenvalue weighted by atomic mass is 32.1. The second-order valence-corrected chi connectivity index (χ2v) is 8.26. The Bertz CT molecular complexity index is 924. The average molecular weight is 433 g/mol. The molecule has 1 aromatic carbocycles. The number of carbonyl (C=O) groups is 2. The zero-order valence-corrected chi connectivity index (χ0v) is 18.3. The molecule has 0 radical (unpaired) electrons. The number of allylic oxidation sites excluding steroid dienone is 2. The molecule has 0 bridgehead atoms. The molecule has 0 amide bonds. The van der Waals surface area contributed by atoms with Crippen molar-refractivity contribution in [3.8, 4) is 5.75 Å². The number of hydrogen-bond donors (Lipinski definition) is 3. The molecule has 0 fully saturated rings. The highest BCUT2D eigenvalue weighted by molar-refractivity contribution is 7.10. The van der Waals surface area contributed by atoms with Crippen LogP contribution in [0, 0.1) is 0 Å². The standard InChI is InChI=1S/C23H28O6S/c1-4-23(28,5-2)10-6-7-15(3)16-11-18(30-14-16)13-29-17-8-9-19(21(24)25)20(12-17)22(26)27/h7-9,11-12,14,28H,4-6,10,13H2,1-3H3,(H,24,25)(H,26,27). The minimum atomic E-state index is -1.31. The minimum absolute atomic E-state index is 0.259. The topological polar surface area (TPSA) is 104 Å². The van der Waals surface area contributed by atoms with Gasteiger partial charge >= 0.3 is 11.9 Å². The average Bonchev–Trinajstić information content (AvgIpc) is 3.20. The Morgan fingerprint density at radius 2 is 1.77 bits per heavy atom. The lowest BCUT2D eigenvalue weighted by Crippen LogP contribution is -2.25. The van der Waals surface area contributed by atoms with E-state index < -0.39 is 17.5 Å². The van der Waals surface area contributed by atoms with Crippen LogP contribution in [0.3, 0.4) is 0 Å². The van der Waals surface area contributed by atoms with Crippen molar-refractivity contribution in [2.75, 3.05) is 0 Å². The largest absolute Gasteiger partial charge is 0.488 e. The summed E-state index contributed by atoms with van der Waals surface area (Å²) in [7, 11) is 0. The number of thiophene rings is 1. The number of hydrogen-bond acceptors (Lipinski definition) is 5. The lowest BCUT2D eigenvalue weighted by molar-refractivity contribution is 0.0246. The third-order valence-electron chi connectivity index (χ3n) is 5.32. The Morgan fingerprint density at radius 3 is 2.37 bits per heavy atom. The fourth-order valence-corrected chi connectivity index (χ4v) is 3.93. The fraction of sp³-hybridized carbons (Fsp3) is 0.391. The molecule has 0 saturated heterocycles. The summed E-state index contributed by atoms with van der Waals surface area (Å²) in [5, 5.41) is 30.7. The van der Waals surface area contributed by atoms with E-state index in [1.54, 1.807) is 0 Å². The van der Waals surface area contributed by atoms with Gasteiger partial charge in [-0.25, -0.2) is 9.59 Å². The van der Waals surface area contributed by atoms with Gasteiger partial charge in [-0.1, -0.05) is 19.9 Å². The van der Waals surface area contributed by atoms with Crippen LogP contribution in [-0.2, 0) is 6.61 Å². The van der Waals surface area contributed by atoms with Crippen LogP contribution in [0.5, 0.6) is 5.75 Å². The summed E-state index contributed by atoms with van der Waals surface area (Å²) < 4.78 is 5.67. The molecule has 0 unspecified atom stereocenters. The van der Waals surface area contributed by atoms with E-state index in [0.717, 1.165) is 41.7 Å². The van der Waals surface area contributed by atoms with Gasteiger partial charge in [-0.15, -0.1) is 11.3 Å². The van der Waals surface area contributed by atoms with Crippen LogP contribution in [-0.4, -0.2) is 32.9 Å². The predicted molar refractivity (Wildman–Crippen MR) is 117 cm³/mol. The van der Waals surface area contributed by atoms with Gasteiger partial charge in [0.15, 0.2) is 0 Å². The predicted octanol–water partition coefficient (Wildman–Crippen LogP) is 5.46. The number of rotatable bonds is 11. The molecule has 162 valence electrons. The molecule has 0 aliphatic carbocycles. The van der Waals surface area contributed by atoms with Gasteiger partial charge in [-0.2, -0.15) is 0 Å². The number of ether oxygens (including phenoxy) is 1. The van der Waals surface area contributed by atoms with Crippen molar-refractivity contribution in [1.82, 2.24) is 0 Å². The summed E-state index contributed by atoms with van der Waals surface area (Å²) >= 11 is 1.54. The molecule has 6 nitrogen and oxygen atoms in total. The highest BCUT2D eigenvalue weighted by Gasteiger charge is 2.20. The number of carboxylic acid groups (broad SMARTS) is 2. The van der Waals surface area contributed by atoms with E-state index in [4.69, 9.17) is 9.84 Å². The highest BCUT2D eigenvalue weighted by Crippen LogP contribution is 2.27. The molecule has 0 atom stereocenters. The molecule has 30 heavy (non-hydrogen) atoms. The molecule has 3 N–H and O–H groups in total. The number of carboxylic acids is 2. The van der Waals surface area contributed by atoms with E-state index in [2.05, 4.69) is 6.08 Å². The smallest absolute Gasteiger partial charge is 0.336 e. The van der Waals surface area contributed by atoms with E-state index in [-0.39, 0.29) is 17.7 Å². The summed E-state index contributed by atoms with van der Waals surface area (Å²) in [5.74, 6) is -2.30. The molecule has 2 aromatic rings. The molecule has 1 heterocycles. The maximum absolute atomic E-state index is 11.3. The molecule has 0 spiro atoms. The summed E-state index contributed by atoms with van der Waals surface area (Å²) in [6, 6.07) is 5.94. The van der Waals surface area contributed by atoms with Gasteiger partial charge in [0.2, 0.25) is 0 Å². The van der Waals surface area contributed by atoms with Gasteiger partial charge in [-0.05, 0) is 73.4 Å². The molecule has 1 aromatic heterocycles. The van der Waals surface area contributed by atoms with E-state index in [1.807, 2.05) is 32.2 Å². The Labute approximate surface area is 180 Å². The quantitative estimate of drug-likeness (QED) is 0.436. The van der Waals surface area contributed by atoms with E-state index in [1.165, 1.54) is 29.5 Å². The van der Waals surface area contributed by atoms with Crippen molar-refractivity contribution >= 4 is 28.8 Å². The number of benzene rings is 1. The van der Waals surface area contributed by atoms with Crippen LogP contribution in [0.2, 0.25) is 0 Å². The third kappa shape index (κ3) is 6.18. The first-order chi connectivity index (χ1) is 14.2. The first-order valence-electron chi connectivity index (χ1n) is 9.89. The second-order valence-electron chi connectivity index (χ2n) is 7.27. The van der Waals surface area contributed by atoms with E-state index >= 15 is 0 Å². The van der Waals surface area contributed by atoms with Crippen LogP contribution in [0.1, 0.15) is 77.6 Å². The van der Waals surface area contributed by atoms with Gasteiger partial charge in [0.1, 0.15) is 12.4 Å².